The molecule has 0 amide bonds. The fraction of sp³-hybridized carbons (Fsp3) is 0.364. The summed E-state index contributed by atoms with van der Waals surface area (Å²) in [5, 5.41) is -0.680. The fourth-order valence-corrected chi connectivity index (χ4v) is 3.02. The summed E-state index contributed by atoms with van der Waals surface area (Å²) in [7, 11) is -3.69. The maximum absolute atomic E-state index is 13.7. The number of rotatable bonds is 3. The van der Waals surface area contributed by atoms with Crippen LogP contribution in [0.25, 0.3) is 0 Å². The van der Waals surface area contributed by atoms with Crippen LogP contribution >= 0.6 is 0 Å². The predicted octanol–water partition coefficient (Wildman–Crippen LogP) is 1.20. The number of hydrogen-bond donors (Lipinski definition) is 0. The molecular weight excluding hydrogens is 247 g/mol. The van der Waals surface area contributed by atoms with E-state index in [9.17, 15) is 17.6 Å². The van der Waals surface area contributed by atoms with E-state index in [4.69, 9.17) is 4.74 Å². The fourth-order valence-electron chi connectivity index (χ4n) is 1.52. The van der Waals surface area contributed by atoms with Crippen LogP contribution in [-0.4, -0.2) is 32.7 Å². The Bertz CT molecular complexity index is 561. The summed E-state index contributed by atoms with van der Waals surface area (Å²) < 4.78 is 42.3. The molecule has 0 bridgehead atoms. The van der Waals surface area contributed by atoms with Crippen molar-refractivity contribution >= 4 is 15.6 Å². The number of halogens is 1. The van der Waals surface area contributed by atoms with Gasteiger partial charge in [0.15, 0.2) is 15.6 Å². The molecule has 0 aromatic heterocycles. The van der Waals surface area contributed by atoms with Gasteiger partial charge in [0.2, 0.25) is 0 Å². The minimum Gasteiger partial charge on any atom is -0.379 e. The van der Waals surface area contributed by atoms with E-state index in [-0.39, 0.29) is 29.5 Å². The number of hydrogen-bond acceptors (Lipinski definition) is 4. The van der Waals surface area contributed by atoms with Gasteiger partial charge in [-0.15, -0.1) is 0 Å². The van der Waals surface area contributed by atoms with Gasteiger partial charge in [0.25, 0.3) is 0 Å². The first-order chi connectivity index (χ1) is 7.93. The van der Waals surface area contributed by atoms with Gasteiger partial charge >= 0.3 is 0 Å². The summed E-state index contributed by atoms with van der Waals surface area (Å²) in [6, 6.07) is 3.41. The molecule has 1 aliphatic rings. The quantitative estimate of drug-likeness (QED) is 0.764. The second-order valence-electron chi connectivity index (χ2n) is 3.91. The molecule has 2 rings (SSSR count). The number of carbonyl (C=O) groups is 1. The Kier molecular flexibility index (Phi) is 3.01. The first-order valence-electron chi connectivity index (χ1n) is 5.05. The standard InChI is InChI=1S/C11H11FO4S/c1-7(13)8-2-3-11(10(12)4-8)17(14,15)9-5-16-6-9/h2-4,9H,5-6H2,1H3. The average Bonchev–Trinajstić information content (AvgIpc) is 2.13. The zero-order chi connectivity index (χ0) is 12.6. The molecule has 1 heterocycles. The van der Waals surface area contributed by atoms with Crippen LogP contribution in [0.3, 0.4) is 0 Å². The summed E-state index contributed by atoms with van der Waals surface area (Å²) in [6.07, 6.45) is 0. The summed E-state index contributed by atoms with van der Waals surface area (Å²) in [5.41, 5.74) is 0.159. The lowest BCUT2D eigenvalue weighted by molar-refractivity contribution is 0.0415. The molecule has 1 aromatic carbocycles. The molecule has 1 aromatic rings. The van der Waals surface area contributed by atoms with E-state index < -0.39 is 20.9 Å². The Morgan fingerprint density at radius 3 is 2.47 bits per heavy atom. The normalized spacial score (nSPS) is 16.6. The van der Waals surface area contributed by atoms with Crippen molar-refractivity contribution in [2.24, 2.45) is 0 Å². The minimum atomic E-state index is -3.69. The Balaban J connectivity index is 2.43. The first-order valence-corrected chi connectivity index (χ1v) is 6.59. The van der Waals surface area contributed by atoms with Crippen molar-refractivity contribution in [2.45, 2.75) is 17.1 Å². The highest BCUT2D eigenvalue weighted by atomic mass is 32.2. The van der Waals surface area contributed by atoms with Crippen LogP contribution in [0.5, 0.6) is 0 Å². The Hall–Kier alpha value is -1.27. The highest BCUT2D eigenvalue weighted by Crippen LogP contribution is 2.24. The number of carbonyl (C=O) groups excluding carboxylic acids is 1. The van der Waals surface area contributed by atoms with Crippen molar-refractivity contribution < 1.29 is 22.3 Å². The van der Waals surface area contributed by atoms with Gasteiger partial charge in [0, 0.05) is 5.56 Å². The van der Waals surface area contributed by atoms with Crippen LogP contribution < -0.4 is 0 Å². The molecule has 6 heteroatoms. The van der Waals surface area contributed by atoms with E-state index in [0.717, 1.165) is 12.1 Å². The van der Waals surface area contributed by atoms with Gasteiger partial charge in [-0.05, 0) is 25.1 Å². The lowest BCUT2D eigenvalue weighted by Crippen LogP contribution is -2.40. The van der Waals surface area contributed by atoms with Crippen molar-refractivity contribution in [2.75, 3.05) is 13.2 Å². The number of sulfone groups is 1. The zero-order valence-corrected chi connectivity index (χ0v) is 9.96. The summed E-state index contributed by atoms with van der Waals surface area (Å²) in [5.74, 6) is -1.19. The number of Topliss-reactive ketones (excluding diaryl/α,β-unsaturated/α-hetero) is 1. The third kappa shape index (κ3) is 2.10. The molecule has 17 heavy (non-hydrogen) atoms. The number of ketones is 1. The smallest absolute Gasteiger partial charge is 0.188 e. The van der Waals surface area contributed by atoms with E-state index in [1.807, 2.05) is 0 Å². The Labute approximate surface area is 98.3 Å². The summed E-state index contributed by atoms with van der Waals surface area (Å²) >= 11 is 0. The minimum absolute atomic E-state index is 0.0935. The van der Waals surface area contributed by atoms with Gasteiger partial charge in [-0.25, -0.2) is 12.8 Å². The lowest BCUT2D eigenvalue weighted by atomic mass is 10.1. The molecular formula is C11H11FO4S. The van der Waals surface area contributed by atoms with Crippen LogP contribution in [0.1, 0.15) is 17.3 Å². The van der Waals surface area contributed by atoms with E-state index >= 15 is 0 Å². The van der Waals surface area contributed by atoms with Gasteiger partial charge < -0.3 is 4.74 Å². The van der Waals surface area contributed by atoms with Gasteiger partial charge in [-0.3, -0.25) is 4.79 Å². The molecule has 0 radical (unpaired) electrons. The zero-order valence-electron chi connectivity index (χ0n) is 9.14. The van der Waals surface area contributed by atoms with Crippen molar-refractivity contribution in [1.82, 2.24) is 0 Å². The van der Waals surface area contributed by atoms with Gasteiger partial charge in [-0.1, -0.05) is 0 Å². The second kappa shape index (κ2) is 4.19. The monoisotopic (exact) mass is 258 g/mol. The number of benzene rings is 1. The molecule has 1 saturated heterocycles. The third-order valence-electron chi connectivity index (χ3n) is 2.69. The van der Waals surface area contributed by atoms with Crippen LogP contribution in [0.15, 0.2) is 23.1 Å². The van der Waals surface area contributed by atoms with Gasteiger partial charge in [0.05, 0.1) is 13.2 Å². The topological polar surface area (TPSA) is 60.4 Å². The van der Waals surface area contributed by atoms with E-state index in [1.54, 1.807) is 0 Å². The molecule has 0 saturated carbocycles. The van der Waals surface area contributed by atoms with E-state index in [0.29, 0.717) is 0 Å². The molecule has 4 nitrogen and oxygen atoms in total. The lowest BCUT2D eigenvalue weighted by Gasteiger charge is -2.25. The summed E-state index contributed by atoms with van der Waals surface area (Å²) in [4.78, 5) is 10.7. The van der Waals surface area contributed by atoms with Gasteiger partial charge in [0.1, 0.15) is 16.0 Å². The SMILES string of the molecule is CC(=O)c1ccc(S(=O)(=O)C2COC2)c(F)c1. The number of ether oxygens (including phenoxy) is 1. The maximum Gasteiger partial charge on any atom is 0.188 e. The maximum atomic E-state index is 13.7. The molecule has 92 valence electrons. The molecule has 1 aliphatic heterocycles. The molecule has 0 atom stereocenters. The Morgan fingerprint density at radius 2 is 2.06 bits per heavy atom. The van der Waals surface area contributed by atoms with Crippen LogP contribution in [0, 0.1) is 5.82 Å². The van der Waals surface area contributed by atoms with Crippen molar-refractivity contribution in [3.05, 3.63) is 29.6 Å². The average molecular weight is 258 g/mol. The van der Waals surface area contributed by atoms with E-state index in [2.05, 4.69) is 0 Å². The van der Waals surface area contributed by atoms with Gasteiger partial charge in [-0.2, -0.15) is 0 Å². The molecule has 0 spiro atoms. The van der Waals surface area contributed by atoms with Crippen molar-refractivity contribution in [3.63, 3.8) is 0 Å². The highest BCUT2D eigenvalue weighted by Gasteiger charge is 2.35. The van der Waals surface area contributed by atoms with Crippen LogP contribution in [0.4, 0.5) is 4.39 Å². The second-order valence-corrected chi connectivity index (χ2v) is 6.10. The van der Waals surface area contributed by atoms with Crippen LogP contribution in [0.2, 0.25) is 0 Å². The third-order valence-corrected chi connectivity index (χ3v) is 4.79. The van der Waals surface area contributed by atoms with Crippen molar-refractivity contribution in [3.8, 4) is 0 Å². The first kappa shape index (κ1) is 12.2. The van der Waals surface area contributed by atoms with Crippen LogP contribution in [-0.2, 0) is 14.6 Å². The largest absolute Gasteiger partial charge is 0.379 e. The molecule has 0 aliphatic carbocycles. The summed E-state index contributed by atoms with van der Waals surface area (Å²) in [6.45, 7) is 1.48. The van der Waals surface area contributed by atoms with Crippen molar-refractivity contribution in [1.29, 1.82) is 0 Å². The van der Waals surface area contributed by atoms with E-state index in [1.165, 1.54) is 13.0 Å². The molecule has 0 N–H and O–H groups in total. The predicted molar refractivity (Wildman–Crippen MR) is 58.2 cm³/mol. The molecule has 1 fully saturated rings. The molecule has 0 unspecified atom stereocenters. The highest BCUT2D eigenvalue weighted by molar-refractivity contribution is 7.92. The Morgan fingerprint density at radius 1 is 1.41 bits per heavy atom.